The standard InChI is InChI=1S/C35H48O7/c1-20(36)11-14-29-21(2)31-34(5)28(19-35(31,39)42-29)26-13-12-24-17-25(40-22(3)37)15-16-33(24,4)27(26)18-30(34)41-32(38)23-9-7-6-8-10-23/h6-10,21,24-31,39H,11-19H2,1-5H3/t21-,24+,25+,26-,27+,28+,29-,30-,31-,33+,34-,35+/m1/s1. The number of benzene rings is 1. The molecule has 5 fully saturated rings. The molecule has 7 nitrogen and oxygen atoms in total. The Morgan fingerprint density at radius 1 is 1.00 bits per heavy atom. The Bertz CT molecular complexity index is 1210. The van der Waals surface area contributed by atoms with Gasteiger partial charge in [0, 0.05) is 31.1 Å². The summed E-state index contributed by atoms with van der Waals surface area (Å²) in [6.07, 6.45) is 6.60. The third-order valence-electron chi connectivity index (χ3n) is 12.7. The highest BCUT2D eigenvalue weighted by molar-refractivity contribution is 5.89. The Balaban J connectivity index is 1.34. The van der Waals surface area contributed by atoms with Crippen LogP contribution in [0.2, 0.25) is 0 Å². The second-order valence-corrected chi connectivity index (χ2v) is 14.8. The monoisotopic (exact) mass is 580 g/mol. The Morgan fingerprint density at radius 2 is 1.74 bits per heavy atom. The van der Waals surface area contributed by atoms with Crippen molar-refractivity contribution in [2.24, 2.45) is 46.3 Å². The van der Waals surface area contributed by atoms with Crippen LogP contribution in [0.3, 0.4) is 0 Å². The third kappa shape index (κ3) is 4.74. The third-order valence-corrected chi connectivity index (χ3v) is 12.7. The van der Waals surface area contributed by atoms with Crippen LogP contribution in [0.25, 0.3) is 0 Å². The summed E-state index contributed by atoms with van der Waals surface area (Å²) in [5, 5.41) is 12.2. The van der Waals surface area contributed by atoms with Crippen LogP contribution in [0.1, 0.15) is 103 Å². The summed E-state index contributed by atoms with van der Waals surface area (Å²) in [6.45, 7) is 9.91. The van der Waals surface area contributed by atoms with Gasteiger partial charge in [-0.2, -0.15) is 0 Å². The molecule has 6 rings (SSSR count). The van der Waals surface area contributed by atoms with Crippen molar-refractivity contribution < 1.29 is 33.7 Å². The maximum absolute atomic E-state index is 13.6. The van der Waals surface area contributed by atoms with E-state index in [0.717, 1.165) is 38.5 Å². The van der Waals surface area contributed by atoms with Gasteiger partial charge in [0.15, 0.2) is 5.79 Å². The molecule has 42 heavy (non-hydrogen) atoms. The van der Waals surface area contributed by atoms with Crippen LogP contribution in [0.5, 0.6) is 0 Å². The lowest BCUT2D eigenvalue weighted by Gasteiger charge is -2.62. The molecule has 1 N–H and O–H groups in total. The number of ketones is 1. The number of hydrogen-bond acceptors (Lipinski definition) is 7. The van der Waals surface area contributed by atoms with E-state index >= 15 is 0 Å². The molecule has 1 aromatic rings. The first-order valence-corrected chi connectivity index (χ1v) is 16.2. The highest BCUT2D eigenvalue weighted by Gasteiger charge is 2.74. The average molecular weight is 581 g/mol. The van der Waals surface area contributed by atoms with E-state index in [4.69, 9.17) is 14.2 Å². The molecule has 0 unspecified atom stereocenters. The Morgan fingerprint density at radius 3 is 2.43 bits per heavy atom. The lowest BCUT2D eigenvalue weighted by atomic mass is 9.43. The quantitative estimate of drug-likeness (QED) is 0.405. The van der Waals surface area contributed by atoms with Gasteiger partial charge in [-0.3, -0.25) is 4.79 Å². The van der Waals surface area contributed by atoms with Crippen molar-refractivity contribution in [3.63, 3.8) is 0 Å². The largest absolute Gasteiger partial charge is 0.463 e. The van der Waals surface area contributed by atoms with E-state index < -0.39 is 11.2 Å². The number of rotatable bonds is 6. The summed E-state index contributed by atoms with van der Waals surface area (Å²) in [5.74, 6) is -0.509. The van der Waals surface area contributed by atoms with Crippen LogP contribution in [-0.4, -0.2) is 46.9 Å². The molecule has 4 saturated carbocycles. The fourth-order valence-corrected chi connectivity index (χ4v) is 10.9. The van der Waals surface area contributed by atoms with E-state index in [1.807, 2.05) is 18.2 Å². The maximum Gasteiger partial charge on any atom is 0.338 e. The number of hydrogen-bond donors (Lipinski definition) is 1. The predicted molar refractivity (Wildman–Crippen MR) is 156 cm³/mol. The summed E-state index contributed by atoms with van der Waals surface area (Å²) >= 11 is 0. The molecule has 4 aliphatic carbocycles. The van der Waals surface area contributed by atoms with E-state index in [1.165, 1.54) is 6.92 Å². The molecule has 1 heterocycles. The van der Waals surface area contributed by atoms with Gasteiger partial charge in [0.1, 0.15) is 18.0 Å². The number of carbonyl (C=O) groups excluding carboxylic acids is 3. The van der Waals surface area contributed by atoms with Crippen molar-refractivity contribution in [3.05, 3.63) is 35.9 Å². The molecule has 0 spiro atoms. The number of Topliss-reactive ketones (excluding diaryl/α,β-unsaturated/α-hetero) is 1. The highest BCUT2D eigenvalue weighted by atomic mass is 16.6. The molecular weight excluding hydrogens is 532 g/mol. The number of ether oxygens (including phenoxy) is 3. The Kier molecular flexibility index (Phi) is 7.61. The molecule has 5 aliphatic rings. The molecular formula is C35H48O7. The topological polar surface area (TPSA) is 99.1 Å². The fourth-order valence-electron chi connectivity index (χ4n) is 10.9. The predicted octanol–water partition coefficient (Wildman–Crippen LogP) is 6.12. The molecule has 230 valence electrons. The molecule has 1 aromatic carbocycles. The zero-order chi connectivity index (χ0) is 30.0. The minimum absolute atomic E-state index is 0.0228. The van der Waals surface area contributed by atoms with E-state index in [1.54, 1.807) is 19.1 Å². The second-order valence-electron chi connectivity index (χ2n) is 14.8. The van der Waals surface area contributed by atoms with Crippen LogP contribution in [0.4, 0.5) is 0 Å². The van der Waals surface area contributed by atoms with Gasteiger partial charge in [0.05, 0.1) is 11.7 Å². The van der Waals surface area contributed by atoms with Gasteiger partial charge >= 0.3 is 11.9 Å². The number of fused-ring (bicyclic) bond motifs is 7. The first kappa shape index (κ1) is 29.8. The van der Waals surface area contributed by atoms with Gasteiger partial charge in [-0.1, -0.05) is 39.0 Å². The van der Waals surface area contributed by atoms with Crippen molar-refractivity contribution in [1.29, 1.82) is 0 Å². The first-order chi connectivity index (χ1) is 19.9. The van der Waals surface area contributed by atoms with Crippen molar-refractivity contribution in [3.8, 4) is 0 Å². The fraction of sp³-hybridized carbons (Fsp3) is 0.743. The number of esters is 2. The molecule has 0 bridgehead atoms. The van der Waals surface area contributed by atoms with E-state index in [9.17, 15) is 19.5 Å². The van der Waals surface area contributed by atoms with Gasteiger partial charge in [0.2, 0.25) is 0 Å². The lowest BCUT2D eigenvalue weighted by molar-refractivity contribution is -0.211. The molecule has 1 aliphatic heterocycles. The minimum atomic E-state index is -1.29. The van der Waals surface area contributed by atoms with Crippen molar-refractivity contribution in [2.75, 3.05) is 0 Å². The van der Waals surface area contributed by atoms with Gasteiger partial charge < -0.3 is 24.1 Å². The van der Waals surface area contributed by atoms with Crippen LogP contribution in [-0.2, 0) is 23.8 Å². The minimum Gasteiger partial charge on any atom is -0.463 e. The smallest absolute Gasteiger partial charge is 0.338 e. The van der Waals surface area contributed by atoms with E-state index in [0.29, 0.717) is 42.6 Å². The maximum atomic E-state index is 13.6. The number of carbonyl (C=O) groups is 3. The van der Waals surface area contributed by atoms with Crippen molar-refractivity contribution in [2.45, 2.75) is 117 Å². The highest BCUT2D eigenvalue weighted by Crippen LogP contribution is 2.72. The van der Waals surface area contributed by atoms with Gasteiger partial charge in [0.25, 0.3) is 0 Å². The summed E-state index contributed by atoms with van der Waals surface area (Å²) in [5.41, 5.74) is 0.135. The van der Waals surface area contributed by atoms with Crippen LogP contribution in [0, 0.1) is 46.3 Å². The molecule has 0 amide bonds. The van der Waals surface area contributed by atoms with Gasteiger partial charge in [-0.05, 0) is 99.0 Å². The molecule has 12 atom stereocenters. The SMILES string of the molecule is CC(=O)CC[C@H]1O[C@@]2(O)C[C@H]3[C@@H]4CC[C@H]5C[C@@H](OC(C)=O)CC[C@]5(C)[C@H]4C[C@@H](OC(=O)c4ccccc4)[C@]3(C)[C@H]2[C@@H]1C. The number of aliphatic hydroxyl groups is 1. The van der Waals surface area contributed by atoms with E-state index in [-0.39, 0.29) is 59.2 Å². The summed E-state index contributed by atoms with van der Waals surface area (Å²) < 4.78 is 18.7. The summed E-state index contributed by atoms with van der Waals surface area (Å²) in [4.78, 5) is 37.1. The average Bonchev–Trinajstić information content (AvgIpc) is 3.34. The Hall–Kier alpha value is -2.25. The van der Waals surface area contributed by atoms with Crippen LogP contribution >= 0.6 is 0 Å². The molecule has 1 saturated heterocycles. The molecule has 0 aromatic heterocycles. The zero-order valence-corrected chi connectivity index (χ0v) is 25.8. The Labute approximate surface area is 250 Å². The summed E-state index contributed by atoms with van der Waals surface area (Å²) in [6, 6.07) is 9.20. The lowest BCUT2D eigenvalue weighted by Crippen LogP contribution is -2.60. The molecule has 7 heteroatoms. The summed E-state index contributed by atoms with van der Waals surface area (Å²) in [7, 11) is 0. The van der Waals surface area contributed by atoms with Gasteiger partial charge in [-0.15, -0.1) is 0 Å². The van der Waals surface area contributed by atoms with Crippen LogP contribution < -0.4 is 0 Å². The normalized spacial score (nSPS) is 45.6. The van der Waals surface area contributed by atoms with Crippen LogP contribution in [0.15, 0.2) is 30.3 Å². The second kappa shape index (κ2) is 10.7. The van der Waals surface area contributed by atoms with Crippen molar-refractivity contribution in [1.82, 2.24) is 0 Å². The van der Waals surface area contributed by atoms with Gasteiger partial charge in [-0.25, -0.2) is 4.79 Å². The first-order valence-electron chi connectivity index (χ1n) is 16.2. The zero-order valence-electron chi connectivity index (χ0n) is 25.8. The van der Waals surface area contributed by atoms with E-state index in [2.05, 4.69) is 20.8 Å². The van der Waals surface area contributed by atoms with Crippen molar-refractivity contribution >= 4 is 17.7 Å². The molecule has 0 radical (unpaired) electrons.